The van der Waals surface area contributed by atoms with Gasteiger partial charge in [0, 0.05) is 18.1 Å². The Morgan fingerprint density at radius 2 is 1.92 bits per heavy atom. The van der Waals surface area contributed by atoms with E-state index in [0.717, 1.165) is 32.0 Å². The van der Waals surface area contributed by atoms with Crippen molar-refractivity contribution in [1.29, 1.82) is 0 Å². The van der Waals surface area contributed by atoms with Gasteiger partial charge in [-0.15, -0.1) is 0 Å². The summed E-state index contributed by atoms with van der Waals surface area (Å²) in [6.45, 7) is 7.96. The molecular formula is C19H28F2N2O. The number of benzene rings is 1. The Hall–Kier alpha value is -1.49. The molecule has 134 valence electrons. The molecule has 1 aromatic rings. The molecule has 24 heavy (non-hydrogen) atoms. The van der Waals surface area contributed by atoms with Gasteiger partial charge in [-0.25, -0.2) is 8.78 Å². The molecule has 1 aliphatic heterocycles. The van der Waals surface area contributed by atoms with Crippen LogP contribution in [0.1, 0.15) is 51.6 Å². The van der Waals surface area contributed by atoms with Gasteiger partial charge in [-0.3, -0.25) is 4.79 Å². The highest BCUT2D eigenvalue weighted by atomic mass is 19.1. The largest absolute Gasteiger partial charge is 0.349 e. The molecule has 2 unspecified atom stereocenters. The summed E-state index contributed by atoms with van der Waals surface area (Å²) < 4.78 is 27.2. The fourth-order valence-corrected chi connectivity index (χ4v) is 3.46. The minimum atomic E-state index is -0.611. The second-order valence-electron chi connectivity index (χ2n) is 7.22. The van der Waals surface area contributed by atoms with Gasteiger partial charge in [-0.2, -0.15) is 0 Å². The molecule has 5 heteroatoms. The van der Waals surface area contributed by atoms with Gasteiger partial charge in [-0.1, -0.05) is 26.8 Å². The third-order valence-electron chi connectivity index (χ3n) is 4.98. The molecule has 1 amide bonds. The quantitative estimate of drug-likeness (QED) is 0.828. The molecule has 0 radical (unpaired) electrons. The number of amides is 1. The maximum atomic E-state index is 14.1. The summed E-state index contributed by atoms with van der Waals surface area (Å²) in [6.07, 6.45) is 2.62. The van der Waals surface area contributed by atoms with Crippen LogP contribution in [0.25, 0.3) is 0 Å². The molecule has 0 saturated carbocycles. The summed E-state index contributed by atoms with van der Waals surface area (Å²) in [5.41, 5.74) is 0.342. The van der Waals surface area contributed by atoms with E-state index >= 15 is 0 Å². The smallest absolute Gasteiger partial charge is 0.220 e. The number of carbonyl (C=O) groups excluding carboxylic acids is 1. The first kappa shape index (κ1) is 18.8. The fourth-order valence-electron chi connectivity index (χ4n) is 3.46. The Labute approximate surface area is 143 Å². The summed E-state index contributed by atoms with van der Waals surface area (Å²) >= 11 is 0. The predicted molar refractivity (Wildman–Crippen MR) is 91.5 cm³/mol. The van der Waals surface area contributed by atoms with Crippen LogP contribution in [-0.2, 0) is 4.79 Å². The van der Waals surface area contributed by atoms with E-state index in [2.05, 4.69) is 17.6 Å². The van der Waals surface area contributed by atoms with E-state index in [1.54, 1.807) is 0 Å². The highest BCUT2D eigenvalue weighted by Gasteiger charge is 2.25. The topological polar surface area (TPSA) is 41.1 Å². The molecule has 0 bridgehead atoms. The summed E-state index contributed by atoms with van der Waals surface area (Å²) in [6, 6.07) is 3.08. The molecule has 3 nitrogen and oxygen atoms in total. The van der Waals surface area contributed by atoms with Crippen molar-refractivity contribution in [2.45, 2.75) is 46.1 Å². The number of carbonyl (C=O) groups is 1. The first-order valence-electron chi connectivity index (χ1n) is 8.83. The first-order chi connectivity index (χ1) is 11.4. The molecule has 0 aliphatic carbocycles. The average molecular weight is 338 g/mol. The molecule has 1 heterocycles. The first-order valence-corrected chi connectivity index (χ1v) is 8.83. The van der Waals surface area contributed by atoms with Crippen LogP contribution in [0.4, 0.5) is 8.78 Å². The van der Waals surface area contributed by atoms with Gasteiger partial charge in [0.2, 0.25) is 5.91 Å². The number of hydrogen-bond donors (Lipinski definition) is 2. The zero-order chi connectivity index (χ0) is 17.7. The van der Waals surface area contributed by atoms with Gasteiger partial charge in [0.25, 0.3) is 0 Å². The van der Waals surface area contributed by atoms with Crippen LogP contribution in [0.2, 0.25) is 0 Å². The molecule has 2 atom stereocenters. The van der Waals surface area contributed by atoms with E-state index in [4.69, 9.17) is 0 Å². The Morgan fingerprint density at radius 1 is 1.25 bits per heavy atom. The van der Waals surface area contributed by atoms with Crippen molar-refractivity contribution < 1.29 is 13.6 Å². The minimum absolute atomic E-state index is 0.0168. The number of rotatable bonds is 6. The molecule has 2 rings (SSSR count). The van der Waals surface area contributed by atoms with Crippen molar-refractivity contribution in [3.05, 3.63) is 35.4 Å². The Balaban J connectivity index is 2.00. The van der Waals surface area contributed by atoms with Crippen LogP contribution >= 0.6 is 0 Å². The molecule has 1 saturated heterocycles. The van der Waals surface area contributed by atoms with Crippen LogP contribution in [0, 0.1) is 29.4 Å². The van der Waals surface area contributed by atoms with Gasteiger partial charge in [0.15, 0.2) is 0 Å². The van der Waals surface area contributed by atoms with Crippen molar-refractivity contribution in [1.82, 2.24) is 10.6 Å². The number of piperidine rings is 1. The predicted octanol–water partition coefficient (Wildman–Crippen LogP) is 3.80. The minimum Gasteiger partial charge on any atom is -0.349 e. The lowest BCUT2D eigenvalue weighted by Crippen LogP contribution is -2.36. The van der Waals surface area contributed by atoms with Crippen molar-refractivity contribution in [2.24, 2.45) is 17.8 Å². The van der Waals surface area contributed by atoms with Gasteiger partial charge >= 0.3 is 0 Å². The second kappa shape index (κ2) is 8.56. The van der Waals surface area contributed by atoms with Gasteiger partial charge in [-0.05, 0) is 49.8 Å². The molecule has 1 aromatic carbocycles. The second-order valence-corrected chi connectivity index (χ2v) is 7.22. The summed E-state index contributed by atoms with van der Waals surface area (Å²) in [7, 11) is 0. The maximum absolute atomic E-state index is 14.1. The van der Waals surface area contributed by atoms with Gasteiger partial charge < -0.3 is 10.6 Å². The normalized spacial score (nSPS) is 18.4. The van der Waals surface area contributed by atoms with E-state index < -0.39 is 17.7 Å². The van der Waals surface area contributed by atoms with E-state index in [1.165, 1.54) is 12.1 Å². The highest BCUT2D eigenvalue weighted by Crippen LogP contribution is 2.27. The third kappa shape index (κ3) is 5.00. The van der Waals surface area contributed by atoms with Crippen molar-refractivity contribution >= 4 is 5.91 Å². The molecule has 0 spiro atoms. The van der Waals surface area contributed by atoms with Gasteiger partial charge in [0.1, 0.15) is 11.6 Å². The van der Waals surface area contributed by atoms with Crippen LogP contribution < -0.4 is 10.6 Å². The lowest BCUT2D eigenvalue weighted by molar-refractivity contribution is -0.123. The van der Waals surface area contributed by atoms with Crippen molar-refractivity contribution in [3.8, 4) is 0 Å². The highest BCUT2D eigenvalue weighted by molar-refractivity contribution is 5.76. The third-order valence-corrected chi connectivity index (χ3v) is 4.98. The van der Waals surface area contributed by atoms with Crippen LogP contribution in [0.3, 0.4) is 0 Å². The summed E-state index contributed by atoms with van der Waals surface area (Å²) in [4.78, 5) is 12.4. The van der Waals surface area contributed by atoms with E-state index in [9.17, 15) is 13.6 Å². The van der Waals surface area contributed by atoms with E-state index in [-0.39, 0.29) is 11.8 Å². The zero-order valence-electron chi connectivity index (χ0n) is 14.7. The average Bonchev–Trinajstić information content (AvgIpc) is 2.54. The van der Waals surface area contributed by atoms with E-state index in [0.29, 0.717) is 23.8 Å². The van der Waals surface area contributed by atoms with E-state index in [1.807, 2.05) is 13.8 Å². The van der Waals surface area contributed by atoms with Crippen LogP contribution in [0.5, 0.6) is 0 Å². The maximum Gasteiger partial charge on any atom is 0.220 e. The van der Waals surface area contributed by atoms with Crippen LogP contribution in [-0.4, -0.2) is 19.0 Å². The molecule has 0 aromatic heterocycles. The monoisotopic (exact) mass is 338 g/mol. The number of hydrogen-bond acceptors (Lipinski definition) is 2. The van der Waals surface area contributed by atoms with Crippen LogP contribution in [0.15, 0.2) is 18.2 Å². The summed E-state index contributed by atoms with van der Waals surface area (Å²) in [5.74, 6) is -0.411. The SMILES string of the molecule is CC(C)C(NC(=O)CC(C)C1CCNCC1)c1ccc(F)cc1F. The zero-order valence-corrected chi connectivity index (χ0v) is 14.7. The molecule has 1 aliphatic rings. The van der Waals surface area contributed by atoms with Gasteiger partial charge in [0.05, 0.1) is 6.04 Å². The number of nitrogens with one attached hydrogen (secondary N) is 2. The standard InChI is InChI=1S/C19H28F2N2O/c1-12(2)19(16-5-4-15(20)11-17(16)21)23-18(24)10-13(3)14-6-8-22-9-7-14/h4-5,11-14,19,22H,6-10H2,1-3H3,(H,23,24). The number of halogens is 2. The molecule has 2 N–H and O–H groups in total. The van der Waals surface area contributed by atoms with Crippen molar-refractivity contribution in [3.63, 3.8) is 0 Å². The molecule has 1 fully saturated rings. The lowest BCUT2D eigenvalue weighted by Gasteiger charge is -2.29. The van der Waals surface area contributed by atoms with Crippen molar-refractivity contribution in [2.75, 3.05) is 13.1 Å². The lowest BCUT2D eigenvalue weighted by atomic mass is 9.84. The molecular weight excluding hydrogens is 310 g/mol. The summed E-state index contributed by atoms with van der Waals surface area (Å²) in [5, 5.41) is 6.28. The Bertz CT molecular complexity index is 556. The Kier molecular flexibility index (Phi) is 6.72. The fraction of sp³-hybridized carbons (Fsp3) is 0.632. The Morgan fingerprint density at radius 3 is 2.50 bits per heavy atom.